The van der Waals surface area contributed by atoms with Crippen LogP contribution in [0.4, 0.5) is 0 Å². The van der Waals surface area contributed by atoms with Crippen molar-refractivity contribution >= 4 is 11.9 Å². The van der Waals surface area contributed by atoms with E-state index in [0.717, 1.165) is 32.1 Å². The molecule has 1 unspecified atom stereocenters. The van der Waals surface area contributed by atoms with Crippen molar-refractivity contribution in [2.75, 3.05) is 6.54 Å². The van der Waals surface area contributed by atoms with Gasteiger partial charge in [0.1, 0.15) is 0 Å². The van der Waals surface area contributed by atoms with Gasteiger partial charge >= 0.3 is 11.9 Å². The number of benzene rings is 1. The average molecular weight is 363 g/mol. The summed E-state index contributed by atoms with van der Waals surface area (Å²) in [7, 11) is 0. The summed E-state index contributed by atoms with van der Waals surface area (Å²) in [5, 5.41) is 13.5. The van der Waals surface area contributed by atoms with Crippen LogP contribution < -0.4 is 14.8 Å². The molecule has 6 nitrogen and oxygen atoms in total. The summed E-state index contributed by atoms with van der Waals surface area (Å²) < 4.78 is 10.7. The quantitative estimate of drug-likeness (QED) is 0.572. The molecule has 0 heterocycles. The molecule has 1 saturated carbocycles. The number of hydrogen-bond donors (Lipinski definition) is 2. The minimum atomic E-state index is -0.754. The molecule has 1 aliphatic carbocycles. The van der Waals surface area contributed by atoms with Crippen LogP contribution in [0.5, 0.6) is 11.5 Å². The Bertz CT molecular complexity index is 623. The van der Waals surface area contributed by atoms with Gasteiger partial charge in [-0.2, -0.15) is 0 Å². The van der Waals surface area contributed by atoms with Crippen LogP contribution in [0.15, 0.2) is 18.2 Å². The molecule has 1 aliphatic rings. The lowest BCUT2D eigenvalue weighted by atomic mass is 9.89. The summed E-state index contributed by atoms with van der Waals surface area (Å²) in [6, 6.07) is 5.04. The SMILES string of the molecule is CC(=O)Oc1ccc(C(O)CNC(C)C)cc1OC(=O)C1CCCCC1. The van der Waals surface area contributed by atoms with E-state index in [-0.39, 0.29) is 29.4 Å². The summed E-state index contributed by atoms with van der Waals surface area (Å²) in [6.45, 7) is 5.66. The molecule has 0 aliphatic heterocycles. The third kappa shape index (κ3) is 6.11. The van der Waals surface area contributed by atoms with E-state index in [1.165, 1.54) is 6.92 Å². The first-order valence-electron chi connectivity index (χ1n) is 9.32. The van der Waals surface area contributed by atoms with Crippen molar-refractivity contribution in [2.45, 2.75) is 65.0 Å². The minimum absolute atomic E-state index is 0.120. The van der Waals surface area contributed by atoms with Crippen LogP contribution in [0.1, 0.15) is 64.5 Å². The van der Waals surface area contributed by atoms with Crippen LogP contribution >= 0.6 is 0 Å². The molecule has 6 heteroatoms. The lowest BCUT2D eigenvalue weighted by Crippen LogP contribution is -2.28. The van der Waals surface area contributed by atoms with Crippen molar-refractivity contribution in [1.29, 1.82) is 0 Å². The molecule has 0 aromatic heterocycles. The molecule has 1 fully saturated rings. The van der Waals surface area contributed by atoms with Crippen molar-refractivity contribution in [3.05, 3.63) is 23.8 Å². The van der Waals surface area contributed by atoms with E-state index in [1.54, 1.807) is 18.2 Å². The fraction of sp³-hybridized carbons (Fsp3) is 0.600. The van der Waals surface area contributed by atoms with Crippen molar-refractivity contribution in [2.24, 2.45) is 5.92 Å². The number of rotatable bonds is 7. The summed E-state index contributed by atoms with van der Waals surface area (Å²) in [4.78, 5) is 23.8. The van der Waals surface area contributed by atoms with Gasteiger partial charge in [0.05, 0.1) is 12.0 Å². The topological polar surface area (TPSA) is 84.9 Å². The summed E-state index contributed by atoms with van der Waals surface area (Å²) in [5.41, 5.74) is 0.598. The van der Waals surface area contributed by atoms with Crippen LogP contribution in [-0.4, -0.2) is 29.6 Å². The maximum atomic E-state index is 12.5. The van der Waals surface area contributed by atoms with Gasteiger partial charge in [0, 0.05) is 19.5 Å². The Hall–Kier alpha value is -1.92. The number of nitrogens with one attached hydrogen (secondary N) is 1. The monoisotopic (exact) mass is 363 g/mol. The van der Waals surface area contributed by atoms with E-state index >= 15 is 0 Å². The number of aliphatic hydroxyl groups excluding tert-OH is 1. The first-order chi connectivity index (χ1) is 12.4. The number of esters is 2. The lowest BCUT2D eigenvalue weighted by Gasteiger charge is -2.21. The van der Waals surface area contributed by atoms with E-state index in [4.69, 9.17) is 9.47 Å². The van der Waals surface area contributed by atoms with Gasteiger partial charge in [-0.3, -0.25) is 9.59 Å². The molecule has 0 spiro atoms. The van der Waals surface area contributed by atoms with Crippen molar-refractivity contribution in [3.63, 3.8) is 0 Å². The average Bonchev–Trinajstić information content (AvgIpc) is 2.61. The maximum Gasteiger partial charge on any atom is 0.314 e. The van der Waals surface area contributed by atoms with Crippen molar-refractivity contribution in [3.8, 4) is 11.5 Å². The highest BCUT2D eigenvalue weighted by Crippen LogP contribution is 2.33. The third-order valence-corrected chi connectivity index (χ3v) is 4.47. The standard InChI is InChI=1S/C20H29NO5/c1-13(2)21-12-17(23)16-9-10-18(25-14(3)22)19(11-16)26-20(24)15-7-5-4-6-8-15/h9-11,13,15,17,21,23H,4-8,12H2,1-3H3. The van der Waals surface area contributed by atoms with Crippen LogP contribution in [0.2, 0.25) is 0 Å². The fourth-order valence-electron chi connectivity index (χ4n) is 3.05. The number of carbonyl (C=O) groups excluding carboxylic acids is 2. The molecule has 2 rings (SSSR count). The van der Waals surface area contributed by atoms with E-state index < -0.39 is 12.1 Å². The van der Waals surface area contributed by atoms with E-state index in [0.29, 0.717) is 12.1 Å². The van der Waals surface area contributed by atoms with E-state index in [9.17, 15) is 14.7 Å². The van der Waals surface area contributed by atoms with Crippen LogP contribution in [-0.2, 0) is 9.59 Å². The highest BCUT2D eigenvalue weighted by atomic mass is 16.6. The Kier molecular flexibility index (Phi) is 7.60. The van der Waals surface area contributed by atoms with Gasteiger partial charge < -0.3 is 19.9 Å². The number of carbonyl (C=O) groups is 2. The molecule has 0 bridgehead atoms. The summed E-state index contributed by atoms with van der Waals surface area (Å²) in [6.07, 6.45) is 4.08. The Labute approximate surface area is 154 Å². The lowest BCUT2D eigenvalue weighted by molar-refractivity contribution is -0.140. The van der Waals surface area contributed by atoms with Gasteiger partial charge in [0.15, 0.2) is 11.5 Å². The zero-order valence-corrected chi connectivity index (χ0v) is 15.8. The van der Waals surface area contributed by atoms with Crippen LogP contribution in [0, 0.1) is 5.92 Å². The fourth-order valence-corrected chi connectivity index (χ4v) is 3.05. The van der Waals surface area contributed by atoms with E-state index in [2.05, 4.69) is 5.32 Å². The molecule has 0 amide bonds. The normalized spacial score (nSPS) is 16.3. The van der Waals surface area contributed by atoms with Gasteiger partial charge in [0.2, 0.25) is 0 Å². The van der Waals surface area contributed by atoms with Crippen molar-refractivity contribution in [1.82, 2.24) is 5.32 Å². The molecule has 26 heavy (non-hydrogen) atoms. The van der Waals surface area contributed by atoms with E-state index in [1.807, 2.05) is 13.8 Å². The van der Waals surface area contributed by atoms with Crippen LogP contribution in [0.25, 0.3) is 0 Å². The Morgan fingerprint density at radius 3 is 2.46 bits per heavy atom. The molecule has 0 saturated heterocycles. The molecule has 1 aromatic carbocycles. The Morgan fingerprint density at radius 1 is 1.15 bits per heavy atom. The smallest absolute Gasteiger partial charge is 0.314 e. The van der Waals surface area contributed by atoms with Gasteiger partial charge in [0.25, 0.3) is 0 Å². The molecule has 0 radical (unpaired) electrons. The summed E-state index contributed by atoms with van der Waals surface area (Å²) in [5.74, 6) is -0.545. The highest BCUT2D eigenvalue weighted by Gasteiger charge is 2.25. The Balaban J connectivity index is 2.17. The maximum absolute atomic E-state index is 12.5. The molecule has 2 N–H and O–H groups in total. The minimum Gasteiger partial charge on any atom is -0.423 e. The third-order valence-electron chi connectivity index (χ3n) is 4.47. The van der Waals surface area contributed by atoms with Gasteiger partial charge in [-0.1, -0.05) is 39.2 Å². The predicted molar refractivity (Wildman–Crippen MR) is 98.1 cm³/mol. The number of aliphatic hydroxyl groups is 1. The summed E-state index contributed by atoms with van der Waals surface area (Å²) >= 11 is 0. The molecular formula is C20H29NO5. The molecule has 1 atom stereocenters. The Morgan fingerprint density at radius 2 is 1.85 bits per heavy atom. The second-order valence-corrected chi connectivity index (χ2v) is 7.13. The zero-order chi connectivity index (χ0) is 19.1. The van der Waals surface area contributed by atoms with Gasteiger partial charge in [-0.25, -0.2) is 0 Å². The highest BCUT2D eigenvalue weighted by molar-refractivity contribution is 5.77. The molecular weight excluding hydrogens is 334 g/mol. The van der Waals surface area contributed by atoms with Gasteiger partial charge in [-0.15, -0.1) is 0 Å². The molecule has 144 valence electrons. The first-order valence-corrected chi connectivity index (χ1v) is 9.32. The molecule has 1 aromatic rings. The number of ether oxygens (including phenoxy) is 2. The van der Waals surface area contributed by atoms with Crippen LogP contribution in [0.3, 0.4) is 0 Å². The first kappa shape index (κ1) is 20.4. The van der Waals surface area contributed by atoms with Gasteiger partial charge in [-0.05, 0) is 30.5 Å². The predicted octanol–water partition coefficient (Wildman–Crippen LogP) is 3.13. The van der Waals surface area contributed by atoms with Crippen molar-refractivity contribution < 1.29 is 24.2 Å². The number of hydrogen-bond acceptors (Lipinski definition) is 6. The zero-order valence-electron chi connectivity index (χ0n) is 15.8. The second kappa shape index (κ2) is 9.69. The largest absolute Gasteiger partial charge is 0.423 e. The second-order valence-electron chi connectivity index (χ2n) is 7.13.